The number of ether oxygens (including phenoxy) is 1. The largest absolute Gasteiger partial charge is 0.466 e. The van der Waals surface area contributed by atoms with Crippen LogP contribution in [-0.2, 0) is 0 Å². The van der Waals surface area contributed by atoms with Crippen molar-refractivity contribution in [2.24, 2.45) is 5.73 Å². The quantitative estimate of drug-likeness (QED) is 0.903. The average Bonchev–Trinajstić information content (AvgIpc) is 2.74. The van der Waals surface area contributed by atoms with Gasteiger partial charge in [0.15, 0.2) is 5.82 Å². The van der Waals surface area contributed by atoms with E-state index in [4.69, 9.17) is 10.5 Å². The van der Waals surface area contributed by atoms with Crippen molar-refractivity contribution in [1.82, 2.24) is 24.7 Å². The molecule has 2 heterocycles. The minimum absolute atomic E-state index is 0.240. The van der Waals surface area contributed by atoms with Crippen LogP contribution >= 0.6 is 15.9 Å². The SMILES string of the molecule is COc1nc([C@H](C)N)n(-c2ncc(Br)cn2)n1. The third-order valence-corrected chi connectivity index (χ3v) is 2.41. The molecule has 2 aromatic heterocycles. The Balaban J connectivity index is 2.49. The summed E-state index contributed by atoms with van der Waals surface area (Å²) < 4.78 is 7.22. The number of rotatable bonds is 3. The summed E-state index contributed by atoms with van der Waals surface area (Å²) in [6.45, 7) is 1.80. The van der Waals surface area contributed by atoms with Crippen LogP contribution in [0.25, 0.3) is 5.95 Å². The number of halogens is 1. The summed E-state index contributed by atoms with van der Waals surface area (Å²) in [4.78, 5) is 12.4. The Hall–Kier alpha value is -1.54. The number of hydrogen-bond acceptors (Lipinski definition) is 6. The fraction of sp³-hybridized carbons (Fsp3) is 0.333. The van der Waals surface area contributed by atoms with Gasteiger partial charge < -0.3 is 10.5 Å². The molecule has 0 fully saturated rings. The molecule has 0 bridgehead atoms. The predicted octanol–water partition coefficient (Wildman–Crippen LogP) is 0.848. The van der Waals surface area contributed by atoms with Crippen LogP contribution in [0.5, 0.6) is 6.01 Å². The fourth-order valence-corrected chi connectivity index (χ4v) is 1.45. The van der Waals surface area contributed by atoms with Crippen molar-refractivity contribution >= 4 is 15.9 Å². The van der Waals surface area contributed by atoms with Gasteiger partial charge in [0.2, 0.25) is 0 Å². The van der Waals surface area contributed by atoms with Crippen molar-refractivity contribution in [1.29, 1.82) is 0 Å². The number of aromatic nitrogens is 5. The molecule has 0 aliphatic rings. The zero-order chi connectivity index (χ0) is 12.4. The van der Waals surface area contributed by atoms with E-state index in [1.807, 2.05) is 0 Å². The lowest BCUT2D eigenvalue weighted by Crippen LogP contribution is -2.15. The van der Waals surface area contributed by atoms with Crippen LogP contribution in [0.3, 0.4) is 0 Å². The number of hydrogen-bond donors (Lipinski definition) is 1. The molecular formula is C9H11BrN6O. The molecule has 0 saturated carbocycles. The van der Waals surface area contributed by atoms with Crippen LogP contribution in [0, 0.1) is 0 Å². The monoisotopic (exact) mass is 298 g/mol. The Morgan fingerprint density at radius 3 is 2.59 bits per heavy atom. The lowest BCUT2D eigenvalue weighted by molar-refractivity contribution is 0.379. The third-order valence-electron chi connectivity index (χ3n) is 2.00. The highest BCUT2D eigenvalue weighted by Crippen LogP contribution is 2.15. The summed E-state index contributed by atoms with van der Waals surface area (Å²) in [5, 5.41) is 4.11. The zero-order valence-electron chi connectivity index (χ0n) is 9.33. The first-order chi connectivity index (χ1) is 8.11. The normalized spacial score (nSPS) is 12.5. The highest BCUT2D eigenvalue weighted by molar-refractivity contribution is 9.10. The number of methoxy groups -OCH3 is 1. The van der Waals surface area contributed by atoms with Gasteiger partial charge in [-0.05, 0) is 22.9 Å². The summed E-state index contributed by atoms with van der Waals surface area (Å²) >= 11 is 3.26. The first kappa shape index (κ1) is 11.9. The molecule has 8 heteroatoms. The Morgan fingerprint density at radius 2 is 2.06 bits per heavy atom. The van der Waals surface area contributed by atoms with Crippen molar-refractivity contribution in [3.8, 4) is 12.0 Å². The lowest BCUT2D eigenvalue weighted by atomic mass is 10.3. The van der Waals surface area contributed by atoms with Crippen LogP contribution in [-0.4, -0.2) is 31.8 Å². The van der Waals surface area contributed by atoms with E-state index in [0.29, 0.717) is 11.8 Å². The molecule has 0 spiro atoms. The first-order valence-electron chi connectivity index (χ1n) is 4.86. The van der Waals surface area contributed by atoms with E-state index < -0.39 is 0 Å². The lowest BCUT2D eigenvalue weighted by Gasteiger charge is -2.05. The highest BCUT2D eigenvalue weighted by Gasteiger charge is 2.16. The van der Waals surface area contributed by atoms with Gasteiger partial charge in [-0.15, -0.1) is 5.10 Å². The summed E-state index contributed by atoms with van der Waals surface area (Å²) in [5.41, 5.74) is 5.81. The molecular weight excluding hydrogens is 288 g/mol. The Labute approximate surface area is 106 Å². The van der Waals surface area contributed by atoms with Crippen LogP contribution in [0.2, 0.25) is 0 Å². The van der Waals surface area contributed by atoms with Gasteiger partial charge in [0.25, 0.3) is 5.95 Å². The summed E-state index contributed by atoms with van der Waals surface area (Å²) in [7, 11) is 1.49. The van der Waals surface area contributed by atoms with E-state index in [2.05, 4.69) is 36.0 Å². The van der Waals surface area contributed by atoms with Crippen molar-refractivity contribution in [2.45, 2.75) is 13.0 Å². The molecule has 7 nitrogen and oxygen atoms in total. The smallest absolute Gasteiger partial charge is 0.335 e. The standard InChI is InChI=1S/C9H11BrN6O/c1-5(11)7-14-9(17-2)15-16(7)8-12-3-6(10)4-13-8/h3-5H,11H2,1-2H3/t5-/m0/s1. The highest BCUT2D eigenvalue weighted by atomic mass is 79.9. The molecule has 0 unspecified atom stereocenters. The van der Waals surface area contributed by atoms with E-state index in [9.17, 15) is 0 Å². The van der Waals surface area contributed by atoms with Crippen molar-refractivity contribution in [2.75, 3.05) is 7.11 Å². The molecule has 0 radical (unpaired) electrons. The molecule has 0 amide bonds. The molecule has 0 aliphatic carbocycles. The maximum atomic E-state index is 5.81. The molecule has 0 saturated heterocycles. The van der Waals surface area contributed by atoms with E-state index in [0.717, 1.165) is 4.47 Å². The van der Waals surface area contributed by atoms with E-state index >= 15 is 0 Å². The zero-order valence-corrected chi connectivity index (χ0v) is 10.9. The number of nitrogens with two attached hydrogens (primary N) is 1. The van der Waals surface area contributed by atoms with Gasteiger partial charge in [0.05, 0.1) is 17.6 Å². The molecule has 0 aliphatic heterocycles. The predicted molar refractivity (Wildman–Crippen MR) is 63.8 cm³/mol. The minimum Gasteiger partial charge on any atom is -0.466 e. The Morgan fingerprint density at radius 1 is 1.41 bits per heavy atom. The van der Waals surface area contributed by atoms with Gasteiger partial charge in [0, 0.05) is 12.4 Å². The molecule has 1 atom stereocenters. The van der Waals surface area contributed by atoms with Crippen molar-refractivity contribution < 1.29 is 4.74 Å². The van der Waals surface area contributed by atoms with Gasteiger partial charge in [-0.3, -0.25) is 0 Å². The van der Waals surface area contributed by atoms with Gasteiger partial charge in [0.1, 0.15) is 0 Å². The summed E-state index contributed by atoms with van der Waals surface area (Å²) in [6, 6.07) is -0.0533. The van der Waals surface area contributed by atoms with E-state index in [-0.39, 0.29) is 12.1 Å². The van der Waals surface area contributed by atoms with E-state index in [1.54, 1.807) is 19.3 Å². The molecule has 17 heavy (non-hydrogen) atoms. The van der Waals surface area contributed by atoms with Crippen LogP contribution in [0.1, 0.15) is 18.8 Å². The molecule has 2 rings (SSSR count). The third kappa shape index (κ3) is 2.42. The fourth-order valence-electron chi connectivity index (χ4n) is 1.25. The van der Waals surface area contributed by atoms with Crippen molar-refractivity contribution in [3.05, 3.63) is 22.7 Å². The topological polar surface area (TPSA) is 91.7 Å². The maximum Gasteiger partial charge on any atom is 0.335 e. The molecule has 2 aromatic rings. The summed E-state index contributed by atoms with van der Waals surface area (Å²) in [6.07, 6.45) is 3.25. The Bertz CT molecular complexity index is 509. The van der Waals surface area contributed by atoms with Gasteiger partial charge in [-0.2, -0.15) is 9.67 Å². The summed E-state index contributed by atoms with van der Waals surface area (Å²) in [5.74, 6) is 0.945. The molecule has 2 N–H and O–H groups in total. The van der Waals surface area contributed by atoms with Crippen LogP contribution < -0.4 is 10.5 Å². The Kier molecular flexibility index (Phi) is 3.34. The van der Waals surface area contributed by atoms with Gasteiger partial charge in [-0.1, -0.05) is 0 Å². The first-order valence-corrected chi connectivity index (χ1v) is 5.65. The van der Waals surface area contributed by atoms with E-state index in [1.165, 1.54) is 11.8 Å². The van der Waals surface area contributed by atoms with Crippen molar-refractivity contribution in [3.63, 3.8) is 0 Å². The second kappa shape index (κ2) is 4.76. The average molecular weight is 299 g/mol. The van der Waals surface area contributed by atoms with Crippen LogP contribution in [0.15, 0.2) is 16.9 Å². The second-order valence-electron chi connectivity index (χ2n) is 3.36. The minimum atomic E-state index is -0.293. The van der Waals surface area contributed by atoms with Crippen LogP contribution in [0.4, 0.5) is 0 Å². The molecule has 0 aromatic carbocycles. The van der Waals surface area contributed by atoms with Gasteiger partial charge >= 0.3 is 6.01 Å². The second-order valence-corrected chi connectivity index (χ2v) is 4.27. The molecule has 90 valence electrons. The maximum absolute atomic E-state index is 5.81. The van der Waals surface area contributed by atoms with Gasteiger partial charge in [-0.25, -0.2) is 9.97 Å². The number of nitrogens with zero attached hydrogens (tertiary/aromatic N) is 5.